The van der Waals surface area contributed by atoms with Gasteiger partial charge in [0.15, 0.2) is 6.39 Å². The van der Waals surface area contributed by atoms with Crippen LogP contribution in [0.2, 0.25) is 0 Å². The molecule has 2 rings (SSSR count). The normalized spacial score (nSPS) is 9.89. The number of para-hydroxylation sites is 1. The smallest absolute Gasteiger partial charge is 0.296 e. The zero-order valence-electron chi connectivity index (χ0n) is 10.5. The van der Waals surface area contributed by atoms with Gasteiger partial charge in [-0.1, -0.05) is 18.2 Å². The lowest BCUT2D eigenvalue weighted by Crippen LogP contribution is -2.32. The molecule has 1 amide bonds. The van der Waals surface area contributed by atoms with Crippen LogP contribution in [0.5, 0.6) is 0 Å². The zero-order chi connectivity index (χ0) is 13.7. The van der Waals surface area contributed by atoms with Crippen molar-refractivity contribution in [3.63, 3.8) is 0 Å². The van der Waals surface area contributed by atoms with E-state index in [9.17, 15) is 4.79 Å². The Bertz CT molecular complexity index is 599. The van der Waals surface area contributed by atoms with Crippen LogP contribution in [0.25, 0.3) is 0 Å². The average molecular weight is 255 g/mol. The molecule has 5 heteroatoms. The number of carbonyl (C=O) groups excluding carboxylic acids is 1. The van der Waals surface area contributed by atoms with Gasteiger partial charge in [0.05, 0.1) is 18.2 Å². The Morgan fingerprint density at radius 2 is 2.16 bits per heavy atom. The van der Waals surface area contributed by atoms with E-state index >= 15 is 0 Å². The molecule has 0 spiro atoms. The minimum Gasteiger partial charge on any atom is -0.438 e. The topological polar surface area (TPSA) is 70.1 Å². The van der Waals surface area contributed by atoms with Crippen molar-refractivity contribution in [3.05, 3.63) is 48.2 Å². The molecule has 0 fully saturated rings. The Labute approximate surface area is 111 Å². The molecule has 1 aromatic heterocycles. The first kappa shape index (κ1) is 12.8. The lowest BCUT2D eigenvalue weighted by molar-refractivity contribution is 0.0960. The summed E-state index contributed by atoms with van der Waals surface area (Å²) >= 11 is 0. The highest BCUT2D eigenvalue weighted by atomic mass is 16.3. The number of amides is 1. The molecule has 0 bridgehead atoms. The predicted molar refractivity (Wildman–Crippen MR) is 69.6 cm³/mol. The highest BCUT2D eigenvalue weighted by Crippen LogP contribution is 2.18. The van der Waals surface area contributed by atoms with E-state index < -0.39 is 0 Å². The molecule has 0 aliphatic rings. The number of carbonyl (C=O) groups is 1. The van der Waals surface area contributed by atoms with Crippen LogP contribution in [-0.2, 0) is 0 Å². The third-order valence-electron chi connectivity index (χ3n) is 2.70. The molecule has 1 aromatic carbocycles. The predicted octanol–water partition coefficient (Wildman–Crippen LogP) is 2.54. The molecule has 0 atom stereocenters. The van der Waals surface area contributed by atoms with Crippen molar-refractivity contribution in [2.24, 2.45) is 0 Å². The van der Waals surface area contributed by atoms with Gasteiger partial charge in [-0.15, -0.1) is 0 Å². The fraction of sp³-hybridized carbons (Fsp3) is 0.214. The zero-order valence-corrected chi connectivity index (χ0v) is 10.5. The van der Waals surface area contributed by atoms with Crippen LogP contribution in [0.1, 0.15) is 22.7 Å². The van der Waals surface area contributed by atoms with Gasteiger partial charge in [0.2, 0.25) is 5.76 Å². The summed E-state index contributed by atoms with van der Waals surface area (Å²) in [6.45, 7) is 2.03. The maximum absolute atomic E-state index is 12.4. The Balaban J connectivity index is 2.31. The van der Waals surface area contributed by atoms with Crippen LogP contribution in [0.3, 0.4) is 0 Å². The third-order valence-corrected chi connectivity index (χ3v) is 2.70. The highest BCUT2D eigenvalue weighted by molar-refractivity contribution is 6.04. The summed E-state index contributed by atoms with van der Waals surface area (Å²) < 4.78 is 5.12. The van der Waals surface area contributed by atoms with Gasteiger partial charge >= 0.3 is 0 Å². The summed E-state index contributed by atoms with van der Waals surface area (Å²) in [7, 11) is 0. The molecular formula is C14H13N3O2. The molecule has 0 aliphatic heterocycles. The molecule has 19 heavy (non-hydrogen) atoms. The van der Waals surface area contributed by atoms with Gasteiger partial charge < -0.3 is 9.32 Å². The van der Waals surface area contributed by atoms with E-state index in [2.05, 4.69) is 4.98 Å². The first-order chi connectivity index (χ1) is 9.24. The van der Waals surface area contributed by atoms with Gasteiger partial charge in [-0.2, -0.15) is 5.26 Å². The first-order valence-corrected chi connectivity index (χ1v) is 5.88. The molecule has 1 heterocycles. The third kappa shape index (κ3) is 2.80. The molecule has 0 aliphatic carbocycles. The lowest BCUT2D eigenvalue weighted by atomic mass is 10.2. The largest absolute Gasteiger partial charge is 0.438 e. The maximum atomic E-state index is 12.4. The molecule has 96 valence electrons. The van der Waals surface area contributed by atoms with E-state index in [0.29, 0.717) is 12.2 Å². The average Bonchev–Trinajstić information content (AvgIpc) is 2.86. The van der Waals surface area contributed by atoms with Gasteiger partial charge in [-0.25, -0.2) is 4.98 Å². The van der Waals surface area contributed by atoms with E-state index in [1.807, 2.05) is 36.4 Å². The molecule has 0 saturated carbocycles. The molecule has 0 saturated heterocycles. The highest BCUT2D eigenvalue weighted by Gasteiger charge is 2.22. The van der Waals surface area contributed by atoms with Crippen LogP contribution >= 0.6 is 0 Å². The lowest BCUT2D eigenvalue weighted by Gasteiger charge is -2.20. The summed E-state index contributed by atoms with van der Waals surface area (Å²) in [5.41, 5.74) is 1.28. The van der Waals surface area contributed by atoms with Crippen molar-refractivity contribution < 1.29 is 9.21 Å². The number of oxazole rings is 1. The first-order valence-electron chi connectivity index (χ1n) is 5.88. The van der Waals surface area contributed by atoms with Crippen LogP contribution in [-0.4, -0.2) is 17.4 Å². The second-order valence-electron chi connectivity index (χ2n) is 3.97. The van der Waals surface area contributed by atoms with E-state index in [4.69, 9.17) is 9.68 Å². The second-order valence-corrected chi connectivity index (χ2v) is 3.97. The quantitative estimate of drug-likeness (QED) is 0.841. The minimum atomic E-state index is -0.281. The van der Waals surface area contributed by atoms with E-state index in [-0.39, 0.29) is 18.1 Å². The number of nitriles is 1. The number of anilines is 1. The number of hydrogen-bond donors (Lipinski definition) is 0. The van der Waals surface area contributed by atoms with Crippen molar-refractivity contribution in [3.8, 4) is 6.07 Å². The Kier molecular flexibility index (Phi) is 3.94. The summed E-state index contributed by atoms with van der Waals surface area (Å²) in [5.74, 6) is -0.0711. The van der Waals surface area contributed by atoms with Crippen LogP contribution in [0.15, 0.2) is 41.1 Å². The molecule has 5 nitrogen and oxygen atoms in total. The van der Waals surface area contributed by atoms with Gasteiger partial charge in [0, 0.05) is 12.2 Å². The number of rotatable bonds is 4. The van der Waals surface area contributed by atoms with Crippen LogP contribution in [0, 0.1) is 18.3 Å². The Morgan fingerprint density at radius 1 is 1.42 bits per heavy atom. The van der Waals surface area contributed by atoms with Gasteiger partial charge in [0.25, 0.3) is 5.91 Å². The van der Waals surface area contributed by atoms with Crippen molar-refractivity contribution in [1.82, 2.24) is 4.98 Å². The van der Waals surface area contributed by atoms with Crippen molar-refractivity contribution >= 4 is 11.6 Å². The standard InChI is InChI=1S/C14H13N3O2/c1-11-13(19-10-16-11)14(18)17(9-5-8-15)12-6-3-2-4-7-12/h2-4,6-7,10H,5,9H2,1H3. The summed E-state index contributed by atoms with van der Waals surface area (Å²) in [5, 5.41) is 8.71. The van der Waals surface area contributed by atoms with Crippen molar-refractivity contribution in [2.75, 3.05) is 11.4 Å². The maximum Gasteiger partial charge on any atom is 0.296 e. The van der Waals surface area contributed by atoms with Crippen molar-refractivity contribution in [2.45, 2.75) is 13.3 Å². The number of hydrogen-bond acceptors (Lipinski definition) is 4. The fourth-order valence-electron chi connectivity index (χ4n) is 1.75. The molecule has 2 aromatic rings. The van der Waals surface area contributed by atoms with E-state index in [0.717, 1.165) is 5.69 Å². The van der Waals surface area contributed by atoms with E-state index in [1.54, 1.807) is 6.92 Å². The van der Waals surface area contributed by atoms with Gasteiger partial charge in [0.1, 0.15) is 0 Å². The monoisotopic (exact) mass is 255 g/mol. The summed E-state index contributed by atoms with van der Waals surface area (Å²) in [4.78, 5) is 17.9. The number of aromatic nitrogens is 1. The molecular weight excluding hydrogens is 242 g/mol. The number of nitrogens with zero attached hydrogens (tertiary/aromatic N) is 3. The summed E-state index contributed by atoms with van der Waals surface area (Å²) in [6, 6.07) is 11.2. The van der Waals surface area contributed by atoms with Gasteiger partial charge in [-0.3, -0.25) is 4.79 Å². The Morgan fingerprint density at radius 3 is 2.74 bits per heavy atom. The number of aryl methyl sites for hydroxylation is 1. The summed E-state index contributed by atoms with van der Waals surface area (Å²) in [6.07, 6.45) is 1.50. The molecule has 0 radical (unpaired) electrons. The van der Waals surface area contributed by atoms with Crippen LogP contribution in [0.4, 0.5) is 5.69 Å². The minimum absolute atomic E-state index is 0.210. The number of benzene rings is 1. The second kappa shape index (κ2) is 5.83. The Hall–Kier alpha value is -2.61. The molecule has 0 unspecified atom stereocenters. The van der Waals surface area contributed by atoms with Gasteiger partial charge in [-0.05, 0) is 19.1 Å². The van der Waals surface area contributed by atoms with E-state index in [1.165, 1.54) is 11.3 Å². The van der Waals surface area contributed by atoms with Crippen LogP contribution < -0.4 is 4.90 Å². The molecule has 0 N–H and O–H groups in total. The van der Waals surface area contributed by atoms with Crippen molar-refractivity contribution in [1.29, 1.82) is 5.26 Å². The SMILES string of the molecule is Cc1ncoc1C(=O)N(CCC#N)c1ccccc1. The fourth-order valence-corrected chi connectivity index (χ4v) is 1.75.